The molecule has 2 aliphatic carbocycles. The molecule has 18 nitrogen and oxygen atoms in total. The van der Waals surface area contributed by atoms with Crippen LogP contribution in [0.2, 0.25) is 0 Å². The summed E-state index contributed by atoms with van der Waals surface area (Å²) >= 11 is 0. The summed E-state index contributed by atoms with van der Waals surface area (Å²) in [5.41, 5.74) is 4.30. The number of carbonyl (C=O) groups is 8. The number of halogens is 2. The van der Waals surface area contributed by atoms with E-state index in [0.717, 1.165) is 62.5 Å². The van der Waals surface area contributed by atoms with Crippen molar-refractivity contribution in [3.8, 4) is 0 Å². The second-order valence-corrected chi connectivity index (χ2v) is 22.5. The van der Waals surface area contributed by atoms with E-state index in [0.29, 0.717) is 25.8 Å². The van der Waals surface area contributed by atoms with E-state index in [1.165, 1.54) is 22.1 Å². The minimum atomic E-state index is -0.976. The van der Waals surface area contributed by atoms with Crippen LogP contribution in [0.25, 0.3) is 0 Å². The molecule has 9 atom stereocenters. The Morgan fingerprint density at radius 1 is 0.608 bits per heavy atom. The van der Waals surface area contributed by atoms with Crippen LogP contribution in [-0.2, 0) is 41.6 Å². The number of rotatable bonds is 20. The topological polar surface area (TPSA) is 239 Å². The molecule has 0 spiro atoms. The zero-order chi connectivity index (χ0) is 55.4. The Bertz CT molecular complexity index is 2630. The van der Waals surface area contributed by atoms with Gasteiger partial charge in [-0.2, -0.15) is 0 Å². The number of benzene rings is 3. The quantitative estimate of drug-likeness (QED) is 0.0695. The summed E-state index contributed by atoms with van der Waals surface area (Å²) in [5.74, 6) is -2.85. The Kier molecular flexibility index (Phi) is 23.7. The summed E-state index contributed by atoms with van der Waals surface area (Å²) < 4.78 is 0. The SMILES string of the molecule is CN[C@@H](C)C(=O)N[C@@H](CCCCNC(=O)c1cccc(C(=O)N[C@H]2C[C@@H](C(=O)N[C@@H]3CCCc4ccccc43)N(C(=O)[C@@H](NC(=O)[C@H](C)NC)C(C)(C)C)C2)c1)C(=O)N1CCCC[C@H]1C(=O)N[C@@H]1CCCc2ccccc21.Cl.Cl. The fourth-order valence-electron chi connectivity index (χ4n) is 11.2. The molecule has 2 aliphatic heterocycles. The van der Waals surface area contributed by atoms with E-state index in [2.05, 4.69) is 60.7 Å². The molecule has 0 bridgehead atoms. The van der Waals surface area contributed by atoms with Crippen molar-refractivity contribution in [3.63, 3.8) is 0 Å². The number of hydrogen-bond acceptors (Lipinski definition) is 10. The van der Waals surface area contributed by atoms with Crippen molar-refractivity contribution in [1.82, 2.24) is 52.3 Å². The lowest BCUT2D eigenvalue weighted by atomic mass is 9.85. The van der Waals surface area contributed by atoms with E-state index in [-0.39, 0.29) is 103 Å². The van der Waals surface area contributed by atoms with Crippen LogP contribution >= 0.6 is 24.8 Å². The molecule has 3 aromatic rings. The fraction of sp³-hybridized carbons (Fsp3) is 0.559. The number of hydrogen-bond donors (Lipinski definition) is 8. The zero-order valence-electron chi connectivity index (χ0n) is 46.9. The van der Waals surface area contributed by atoms with Gasteiger partial charge in [0.05, 0.1) is 24.2 Å². The molecule has 2 heterocycles. The largest absolute Gasteiger partial charge is 0.352 e. The van der Waals surface area contributed by atoms with Crippen LogP contribution in [0.5, 0.6) is 0 Å². The van der Waals surface area contributed by atoms with Gasteiger partial charge in [-0.1, -0.05) is 75.4 Å². The van der Waals surface area contributed by atoms with E-state index in [9.17, 15) is 38.4 Å². The third-order valence-corrected chi connectivity index (χ3v) is 15.9. The molecule has 432 valence electrons. The smallest absolute Gasteiger partial charge is 0.251 e. The van der Waals surface area contributed by atoms with Gasteiger partial charge in [-0.25, -0.2) is 0 Å². The average molecular weight is 1130 g/mol. The molecule has 0 unspecified atom stereocenters. The van der Waals surface area contributed by atoms with Crippen LogP contribution in [0.4, 0.5) is 0 Å². The highest BCUT2D eigenvalue weighted by atomic mass is 35.5. The number of unbranched alkanes of at least 4 members (excludes halogenated alkanes) is 1. The Hall–Kier alpha value is -6.08. The van der Waals surface area contributed by atoms with Crippen molar-refractivity contribution in [2.45, 2.75) is 172 Å². The number of nitrogens with one attached hydrogen (secondary N) is 8. The molecular formula is C59H84Cl2N10O8. The van der Waals surface area contributed by atoms with Crippen molar-refractivity contribution in [1.29, 1.82) is 0 Å². The van der Waals surface area contributed by atoms with Crippen molar-refractivity contribution >= 4 is 72.1 Å². The first-order valence-electron chi connectivity index (χ1n) is 27.9. The van der Waals surface area contributed by atoms with Gasteiger partial charge in [-0.05, 0) is 157 Å². The Balaban J connectivity index is 0.00000574. The molecule has 2 saturated heterocycles. The number of amides is 8. The minimum Gasteiger partial charge on any atom is -0.352 e. The van der Waals surface area contributed by atoms with Crippen LogP contribution in [0.1, 0.15) is 160 Å². The average Bonchev–Trinajstić information content (AvgIpc) is 3.98. The third kappa shape index (κ3) is 16.3. The van der Waals surface area contributed by atoms with E-state index < -0.39 is 65.4 Å². The number of carbonyl (C=O) groups excluding carboxylic acids is 8. The second-order valence-electron chi connectivity index (χ2n) is 22.5. The predicted molar refractivity (Wildman–Crippen MR) is 309 cm³/mol. The second kappa shape index (κ2) is 29.4. The van der Waals surface area contributed by atoms with Crippen LogP contribution in [0, 0.1) is 5.41 Å². The lowest BCUT2D eigenvalue weighted by Gasteiger charge is -2.38. The van der Waals surface area contributed by atoms with Gasteiger partial charge in [0.2, 0.25) is 35.4 Å². The molecule has 4 aliphatic rings. The molecule has 3 aromatic carbocycles. The van der Waals surface area contributed by atoms with Crippen molar-refractivity contribution < 1.29 is 38.4 Å². The van der Waals surface area contributed by atoms with E-state index in [4.69, 9.17) is 0 Å². The fourth-order valence-corrected chi connectivity index (χ4v) is 11.2. The Labute approximate surface area is 478 Å². The van der Waals surface area contributed by atoms with Gasteiger partial charge in [0.25, 0.3) is 11.8 Å². The molecule has 2 fully saturated rings. The maximum Gasteiger partial charge on any atom is 0.251 e. The van der Waals surface area contributed by atoms with Gasteiger partial charge in [-0.15, -0.1) is 24.8 Å². The highest BCUT2D eigenvalue weighted by molar-refractivity contribution is 6.00. The van der Waals surface area contributed by atoms with Crippen LogP contribution in [0.3, 0.4) is 0 Å². The number of nitrogens with zero attached hydrogens (tertiary/aromatic N) is 2. The van der Waals surface area contributed by atoms with Crippen molar-refractivity contribution in [2.24, 2.45) is 5.41 Å². The molecule has 8 amide bonds. The molecule has 0 saturated carbocycles. The molecule has 79 heavy (non-hydrogen) atoms. The number of aryl methyl sites for hydroxylation is 2. The highest BCUT2D eigenvalue weighted by Gasteiger charge is 2.46. The Morgan fingerprint density at radius 2 is 1.16 bits per heavy atom. The summed E-state index contributed by atoms with van der Waals surface area (Å²) in [7, 11) is 3.33. The third-order valence-electron chi connectivity index (χ3n) is 15.9. The molecular weight excluding hydrogens is 1050 g/mol. The first-order valence-corrected chi connectivity index (χ1v) is 27.9. The number of piperidine rings is 1. The highest BCUT2D eigenvalue weighted by Crippen LogP contribution is 2.33. The van der Waals surface area contributed by atoms with Crippen molar-refractivity contribution in [2.75, 3.05) is 33.7 Å². The zero-order valence-corrected chi connectivity index (χ0v) is 48.5. The van der Waals surface area contributed by atoms with Crippen LogP contribution in [0.15, 0.2) is 72.8 Å². The van der Waals surface area contributed by atoms with E-state index in [1.54, 1.807) is 51.0 Å². The monoisotopic (exact) mass is 1130 g/mol. The Morgan fingerprint density at radius 3 is 1.75 bits per heavy atom. The summed E-state index contributed by atoms with van der Waals surface area (Å²) in [5, 5.41) is 24.1. The first kappa shape index (κ1) is 63.7. The molecule has 0 radical (unpaired) electrons. The first-order chi connectivity index (χ1) is 36.9. The lowest BCUT2D eigenvalue weighted by Crippen LogP contribution is -2.59. The van der Waals surface area contributed by atoms with Gasteiger partial charge in [-0.3, -0.25) is 38.4 Å². The molecule has 8 N–H and O–H groups in total. The van der Waals surface area contributed by atoms with E-state index in [1.807, 2.05) is 51.1 Å². The van der Waals surface area contributed by atoms with E-state index >= 15 is 0 Å². The molecule has 20 heteroatoms. The number of likely N-dealkylation sites (N-methyl/N-ethyl adjacent to an activating group) is 2. The molecule has 0 aromatic heterocycles. The standard InChI is InChI=1S/C59H82N10O8.2ClH/c1-36(60-6)51(70)66-47(57(76)68-32-15-13-30-48(68)55(74)64-45-28-17-21-38-19-8-10-25-43(38)45)27-12-14-31-62-53(72)40-23-16-24-41(33-40)54(73)63-42-34-49(56(75)65-46-29-18-22-39-20-9-11-26-44(39)46)69(35-42)58(77)50(59(3,4)5)67-52(71)37(2)61-7;;/h8-11,16,19-20,23-26,33,36-37,42,45-50,60-61H,12-15,17-18,21-22,27-32,34-35H2,1-7H3,(H,62,72)(H,63,73)(H,64,74)(H,65,75)(H,66,70)(H,67,71);2*1H/t36-,37-,42-,45+,46+,47-,48-,49-,50+;;/m0../s1. The summed E-state index contributed by atoms with van der Waals surface area (Å²) in [6.07, 6.45) is 8.76. The lowest BCUT2D eigenvalue weighted by molar-refractivity contribution is -0.145. The maximum absolute atomic E-state index is 14.6. The maximum atomic E-state index is 14.6. The normalized spacial score (nSPS) is 21.1. The van der Waals surface area contributed by atoms with Crippen LogP contribution in [-0.4, -0.2) is 133 Å². The molecule has 7 rings (SSSR count). The summed E-state index contributed by atoms with van der Waals surface area (Å²) in [6, 6.07) is 16.9. The van der Waals surface area contributed by atoms with Crippen molar-refractivity contribution in [3.05, 3.63) is 106 Å². The number of likely N-dealkylation sites (tertiary alicyclic amines) is 2. The summed E-state index contributed by atoms with van der Waals surface area (Å²) in [6.45, 7) is 9.64. The summed E-state index contributed by atoms with van der Waals surface area (Å²) in [4.78, 5) is 114. The van der Waals surface area contributed by atoms with Gasteiger partial charge in [0.15, 0.2) is 0 Å². The number of fused-ring (bicyclic) bond motifs is 2. The minimum absolute atomic E-state index is 0. The van der Waals surface area contributed by atoms with Gasteiger partial charge >= 0.3 is 0 Å². The predicted octanol–water partition coefficient (Wildman–Crippen LogP) is 5.13. The van der Waals surface area contributed by atoms with Crippen LogP contribution < -0.4 is 42.5 Å². The van der Waals surface area contributed by atoms with Gasteiger partial charge in [0.1, 0.15) is 24.2 Å². The van der Waals surface area contributed by atoms with Gasteiger partial charge in [0, 0.05) is 36.8 Å². The van der Waals surface area contributed by atoms with Gasteiger partial charge < -0.3 is 52.3 Å².